The highest BCUT2D eigenvalue weighted by Gasteiger charge is 2.37. The quantitative estimate of drug-likeness (QED) is 0.856. The number of rotatable bonds is 4. The van der Waals surface area contributed by atoms with Crippen LogP contribution in [0.15, 0.2) is 65.7 Å². The summed E-state index contributed by atoms with van der Waals surface area (Å²) in [6.07, 6.45) is 12.5. The van der Waals surface area contributed by atoms with Crippen LogP contribution in [0.25, 0.3) is 0 Å². The van der Waals surface area contributed by atoms with Crippen LogP contribution in [-0.4, -0.2) is 23.7 Å². The predicted octanol–water partition coefficient (Wildman–Crippen LogP) is 3.27. The molecular formula is C22H23NO4. The summed E-state index contributed by atoms with van der Waals surface area (Å²) < 4.78 is 11.7. The molecule has 0 amide bonds. The van der Waals surface area contributed by atoms with Crippen LogP contribution in [-0.2, 0) is 22.4 Å². The van der Waals surface area contributed by atoms with Crippen LogP contribution in [0.1, 0.15) is 24.0 Å². The second kappa shape index (κ2) is 6.74. The lowest BCUT2D eigenvalue weighted by Gasteiger charge is -2.31. The maximum absolute atomic E-state index is 11.5. The summed E-state index contributed by atoms with van der Waals surface area (Å²) in [6.45, 7) is 0. The van der Waals surface area contributed by atoms with Crippen molar-refractivity contribution in [3.05, 3.63) is 76.8 Å². The summed E-state index contributed by atoms with van der Waals surface area (Å²) in [7, 11) is 1.66. The number of aliphatic carboxylic acids is 1. The van der Waals surface area contributed by atoms with Gasteiger partial charge in [-0.3, -0.25) is 4.79 Å². The van der Waals surface area contributed by atoms with Crippen LogP contribution < -0.4 is 10.5 Å². The highest BCUT2D eigenvalue weighted by atomic mass is 16.5. The zero-order chi connectivity index (χ0) is 19.0. The van der Waals surface area contributed by atoms with Crippen molar-refractivity contribution in [3.63, 3.8) is 0 Å². The second-order valence-corrected chi connectivity index (χ2v) is 7.31. The van der Waals surface area contributed by atoms with Crippen molar-refractivity contribution in [3.8, 4) is 5.75 Å². The van der Waals surface area contributed by atoms with Crippen molar-refractivity contribution in [1.29, 1.82) is 0 Å². The number of fused-ring (bicyclic) bond motifs is 2. The van der Waals surface area contributed by atoms with E-state index in [2.05, 4.69) is 12.2 Å². The number of ether oxygens (including phenoxy) is 2. The average Bonchev–Trinajstić information content (AvgIpc) is 2.67. The van der Waals surface area contributed by atoms with Crippen LogP contribution in [0.5, 0.6) is 5.75 Å². The smallest absolute Gasteiger partial charge is 0.324 e. The van der Waals surface area contributed by atoms with Crippen molar-refractivity contribution in [2.75, 3.05) is 7.11 Å². The van der Waals surface area contributed by atoms with E-state index in [0.717, 1.165) is 34.6 Å². The van der Waals surface area contributed by atoms with E-state index in [4.69, 9.17) is 15.2 Å². The molecule has 1 aromatic rings. The Balaban J connectivity index is 1.65. The van der Waals surface area contributed by atoms with Crippen LogP contribution in [0.2, 0.25) is 0 Å². The predicted molar refractivity (Wildman–Crippen MR) is 102 cm³/mol. The first kappa shape index (κ1) is 17.6. The third-order valence-corrected chi connectivity index (χ3v) is 5.55. The largest absolute Gasteiger partial charge is 0.496 e. The molecule has 0 spiro atoms. The summed E-state index contributed by atoms with van der Waals surface area (Å²) in [5.41, 5.74) is 8.00. The Morgan fingerprint density at radius 2 is 2.19 bits per heavy atom. The Labute approximate surface area is 158 Å². The van der Waals surface area contributed by atoms with Crippen LogP contribution in [0.3, 0.4) is 0 Å². The molecule has 0 saturated carbocycles. The van der Waals surface area contributed by atoms with Crippen molar-refractivity contribution in [2.45, 2.75) is 31.2 Å². The number of aryl methyl sites for hydroxylation is 1. The average molecular weight is 365 g/mol. The van der Waals surface area contributed by atoms with Gasteiger partial charge in [-0.1, -0.05) is 24.3 Å². The summed E-state index contributed by atoms with van der Waals surface area (Å²) in [4.78, 5) is 11.5. The Kier molecular flexibility index (Phi) is 4.40. The fourth-order valence-electron chi connectivity index (χ4n) is 3.99. The minimum absolute atomic E-state index is 0.242. The highest BCUT2D eigenvalue weighted by Crippen LogP contribution is 2.37. The van der Waals surface area contributed by atoms with Gasteiger partial charge in [0.1, 0.15) is 22.8 Å². The molecule has 0 bridgehead atoms. The van der Waals surface area contributed by atoms with E-state index in [-0.39, 0.29) is 5.92 Å². The molecule has 0 aliphatic heterocycles. The lowest BCUT2D eigenvalue weighted by molar-refractivity contribution is -0.143. The maximum Gasteiger partial charge on any atom is 0.324 e. The van der Waals surface area contributed by atoms with E-state index in [1.165, 1.54) is 0 Å². The lowest BCUT2D eigenvalue weighted by Crippen LogP contribution is -2.52. The summed E-state index contributed by atoms with van der Waals surface area (Å²) >= 11 is 0. The fourth-order valence-corrected chi connectivity index (χ4v) is 3.99. The van der Waals surface area contributed by atoms with Gasteiger partial charge >= 0.3 is 5.97 Å². The third-order valence-electron chi connectivity index (χ3n) is 5.55. The van der Waals surface area contributed by atoms with Gasteiger partial charge in [0.15, 0.2) is 0 Å². The van der Waals surface area contributed by atoms with Crippen molar-refractivity contribution < 1.29 is 19.4 Å². The lowest BCUT2D eigenvalue weighted by atomic mass is 9.78. The molecule has 2 atom stereocenters. The molecule has 0 fully saturated rings. The molecule has 3 N–H and O–H groups in total. The molecule has 4 rings (SSSR count). The van der Waals surface area contributed by atoms with Crippen LogP contribution >= 0.6 is 0 Å². The number of hydrogen-bond donors (Lipinski definition) is 2. The molecular weight excluding hydrogens is 342 g/mol. The number of allylic oxidation sites excluding steroid dienone is 6. The Morgan fingerprint density at radius 1 is 1.33 bits per heavy atom. The molecule has 27 heavy (non-hydrogen) atoms. The number of carboxylic acids is 1. The van der Waals surface area contributed by atoms with E-state index >= 15 is 0 Å². The number of nitrogens with two attached hydrogens (primary N) is 1. The van der Waals surface area contributed by atoms with Crippen molar-refractivity contribution in [2.24, 2.45) is 11.7 Å². The molecule has 1 aromatic carbocycles. The van der Waals surface area contributed by atoms with E-state index in [1.807, 2.05) is 36.4 Å². The molecule has 3 aliphatic carbocycles. The van der Waals surface area contributed by atoms with Gasteiger partial charge in [-0.05, 0) is 54.7 Å². The summed E-state index contributed by atoms with van der Waals surface area (Å²) in [5.74, 6) is 1.54. The van der Waals surface area contributed by atoms with Gasteiger partial charge in [-0.25, -0.2) is 0 Å². The minimum Gasteiger partial charge on any atom is -0.496 e. The topological polar surface area (TPSA) is 81.8 Å². The molecule has 3 aliphatic rings. The third kappa shape index (κ3) is 3.19. The molecule has 0 aromatic heterocycles. The second-order valence-electron chi connectivity index (χ2n) is 7.31. The first-order valence-corrected chi connectivity index (χ1v) is 9.16. The van der Waals surface area contributed by atoms with E-state index in [0.29, 0.717) is 25.0 Å². The van der Waals surface area contributed by atoms with E-state index in [9.17, 15) is 9.90 Å². The Bertz CT molecular complexity index is 909. The number of benzene rings is 1. The number of hydrogen-bond acceptors (Lipinski definition) is 4. The Hall–Kier alpha value is -2.79. The van der Waals surface area contributed by atoms with E-state index in [1.54, 1.807) is 7.11 Å². The highest BCUT2D eigenvalue weighted by molar-refractivity contribution is 5.79. The van der Waals surface area contributed by atoms with Crippen LogP contribution in [0.4, 0.5) is 0 Å². The fraction of sp³-hybridized carbons (Fsp3) is 0.318. The number of carboxylic acid groups (broad SMARTS) is 1. The van der Waals surface area contributed by atoms with Crippen molar-refractivity contribution >= 4 is 5.97 Å². The monoisotopic (exact) mass is 365 g/mol. The molecule has 2 unspecified atom stereocenters. The van der Waals surface area contributed by atoms with Gasteiger partial charge < -0.3 is 20.3 Å². The normalized spacial score (nSPS) is 26.1. The molecule has 5 nitrogen and oxygen atoms in total. The zero-order valence-corrected chi connectivity index (χ0v) is 15.3. The SMILES string of the molecule is COC1=CC=CC2CC=CC(Oc3ccc4c(c3)CC(N)(C(=O)O)CC4)=C12. The molecule has 0 heterocycles. The minimum atomic E-state index is -1.20. The number of methoxy groups -OCH3 is 1. The standard InChI is InChI=1S/C22H23NO4/c1-26-18-6-2-4-15-5-3-7-19(20(15)18)27-17-9-8-14-10-11-22(23,21(24)25)13-16(14)12-17/h2-4,6-9,12,15H,5,10-11,13,23H2,1H3,(H,24,25). The van der Waals surface area contributed by atoms with Gasteiger partial charge in [0, 0.05) is 17.9 Å². The first-order valence-electron chi connectivity index (χ1n) is 9.16. The van der Waals surface area contributed by atoms with Gasteiger partial charge in [-0.15, -0.1) is 0 Å². The molecule has 0 radical (unpaired) electrons. The first-order chi connectivity index (χ1) is 13.0. The number of carbonyl (C=O) groups is 1. The molecule has 5 heteroatoms. The molecule has 140 valence electrons. The van der Waals surface area contributed by atoms with Gasteiger partial charge in [0.25, 0.3) is 0 Å². The maximum atomic E-state index is 11.5. The van der Waals surface area contributed by atoms with Crippen LogP contribution in [0, 0.1) is 5.92 Å². The summed E-state index contributed by atoms with van der Waals surface area (Å²) in [5, 5.41) is 9.44. The molecule has 0 saturated heterocycles. The van der Waals surface area contributed by atoms with Gasteiger partial charge in [0.05, 0.1) is 7.11 Å². The van der Waals surface area contributed by atoms with E-state index < -0.39 is 11.5 Å². The van der Waals surface area contributed by atoms with Gasteiger partial charge in [-0.2, -0.15) is 0 Å². The van der Waals surface area contributed by atoms with Crippen molar-refractivity contribution in [1.82, 2.24) is 0 Å². The zero-order valence-electron chi connectivity index (χ0n) is 15.3. The Morgan fingerprint density at radius 3 is 2.96 bits per heavy atom. The van der Waals surface area contributed by atoms with Gasteiger partial charge in [0.2, 0.25) is 0 Å². The summed E-state index contributed by atoms with van der Waals surface area (Å²) in [6, 6.07) is 5.86.